The molecule has 1 heterocycles. The van der Waals surface area contributed by atoms with Crippen molar-refractivity contribution in [3.63, 3.8) is 0 Å². The largest absolute Gasteiger partial charge is 0.321 e. The van der Waals surface area contributed by atoms with E-state index >= 15 is 0 Å². The SMILES string of the molecule is O=C(Nc1ccccc1Cl)c1ccc2c(c1)CCCN2C(=O)c1ccc(F)cc1. The third kappa shape index (κ3) is 4.00. The summed E-state index contributed by atoms with van der Waals surface area (Å²) in [6.45, 7) is 0.578. The molecule has 0 radical (unpaired) electrons. The molecule has 4 rings (SSSR count). The minimum Gasteiger partial charge on any atom is -0.321 e. The number of carbonyl (C=O) groups is 2. The monoisotopic (exact) mass is 408 g/mol. The summed E-state index contributed by atoms with van der Waals surface area (Å²) in [6.07, 6.45) is 1.56. The van der Waals surface area contributed by atoms with E-state index in [2.05, 4.69) is 5.32 Å². The number of hydrogen-bond donors (Lipinski definition) is 1. The number of fused-ring (bicyclic) bond motifs is 1. The van der Waals surface area contributed by atoms with E-state index in [9.17, 15) is 14.0 Å². The summed E-state index contributed by atoms with van der Waals surface area (Å²) in [4.78, 5) is 27.2. The Kier molecular flexibility index (Phi) is 5.32. The molecule has 0 atom stereocenters. The number of halogens is 2. The van der Waals surface area contributed by atoms with Crippen molar-refractivity contribution in [1.82, 2.24) is 0 Å². The molecule has 146 valence electrons. The second-order valence-electron chi connectivity index (χ2n) is 6.84. The number of hydrogen-bond acceptors (Lipinski definition) is 2. The fraction of sp³-hybridized carbons (Fsp3) is 0.130. The van der Waals surface area contributed by atoms with Gasteiger partial charge in [-0.25, -0.2) is 4.39 Å². The maximum atomic E-state index is 13.2. The summed E-state index contributed by atoms with van der Waals surface area (Å²) < 4.78 is 13.2. The Labute approximate surface area is 172 Å². The molecule has 0 bridgehead atoms. The number of nitrogens with one attached hydrogen (secondary N) is 1. The van der Waals surface area contributed by atoms with Crippen molar-refractivity contribution in [3.05, 3.63) is 94.3 Å². The van der Waals surface area contributed by atoms with E-state index in [4.69, 9.17) is 11.6 Å². The first-order valence-corrected chi connectivity index (χ1v) is 9.67. The first-order chi connectivity index (χ1) is 14.0. The molecule has 0 fully saturated rings. The summed E-state index contributed by atoms with van der Waals surface area (Å²) >= 11 is 6.11. The zero-order valence-electron chi connectivity index (χ0n) is 15.5. The summed E-state index contributed by atoms with van der Waals surface area (Å²) in [5.74, 6) is -0.822. The van der Waals surface area contributed by atoms with Gasteiger partial charge in [-0.15, -0.1) is 0 Å². The summed E-state index contributed by atoms with van der Waals surface area (Å²) in [5.41, 5.74) is 3.18. The lowest BCUT2D eigenvalue weighted by atomic mass is 9.98. The average Bonchev–Trinajstić information content (AvgIpc) is 2.74. The smallest absolute Gasteiger partial charge is 0.258 e. The van der Waals surface area contributed by atoms with Gasteiger partial charge in [0.25, 0.3) is 11.8 Å². The molecule has 0 saturated carbocycles. The molecule has 3 aromatic rings. The first-order valence-electron chi connectivity index (χ1n) is 9.29. The van der Waals surface area contributed by atoms with Crippen molar-refractivity contribution in [2.75, 3.05) is 16.8 Å². The van der Waals surface area contributed by atoms with Crippen LogP contribution in [0.4, 0.5) is 15.8 Å². The van der Waals surface area contributed by atoms with Gasteiger partial charge in [-0.3, -0.25) is 9.59 Å². The van der Waals surface area contributed by atoms with Crippen molar-refractivity contribution in [1.29, 1.82) is 0 Å². The highest BCUT2D eigenvalue weighted by Crippen LogP contribution is 2.30. The number of benzene rings is 3. The van der Waals surface area contributed by atoms with E-state index in [1.807, 2.05) is 6.07 Å². The molecule has 0 aliphatic carbocycles. The molecule has 0 saturated heterocycles. The van der Waals surface area contributed by atoms with E-state index in [0.29, 0.717) is 28.4 Å². The molecule has 0 unspecified atom stereocenters. The van der Waals surface area contributed by atoms with Crippen LogP contribution in [-0.2, 0) is 6.42 Å². The molecule has 1 aliphatic heterocycles. The van der Waals surface area contributed by atoms with Crippen molar-refractivity contribution in [2.24, 2.45) is 0 Å². The molecule has 1 aliphatic rings. The number of nitrogens with zero attached hydrogens (tertiary/aromatic N) is 1. The van der Waals surface area contributed by atoms with Gasteiger partial charge in [0.05, 0.1) is 10.7 Å². The van der Waals surface area contributed by atoms with Crippen LogP contribution >= 0.6 is 11.6 Å². The number of amides is 2. The van der Waals surface area contributed by atoms with Gasteiger partial charge in [0.2, 0.25) is 0 Å². The predicted molar refractivity (Wildman–Crippen MR) is 112 cm³/mol. The summed E-state index contributed by atoms with van der Waals surface area (Å²) in [5, 5.41) is 3.28. The average molecular weight is 409 g/mol. The molecule has 3 aromatic carbocycles. The van der Waals surface area contributed by atoms with E-state index in [1.54, 1.807) is 41.3 Å². The van der Waals surface area contributed by atoms with Crippen LogP contribution < -0.4 is 10.2 Å². The predicted octanol–water partition coefficient (Wildman–Crippen LogP) is 5.32. The van der Waals surface area contributed by atoms with Gasteiger partial charge in [0.1, 0.15) is 5.82 Å². The molecule has 0 spiro atoms. The van der Waals surface area contributed by atoms with Gasteiger partial charge >= 0.3 is 0 Å². The third-order valence-corrected chi connectivity index (χ3v) is 5.25. The van der Waals surface area contributed by atoms with Crippen LogP contribution in [0.3, 0.4) is 0 Å². The second-order valence-corrected chi connectivity index (χ2v) is 7.25. The number of aryl methyl sites for hydroxylation is 1. The number of carbonyl (C=O) groups excluding carboxylic acids is 2. The van der Waals surface area contributed by atoms with Gasteiger partial charge in [0, 0.05) is 23.4 Å². The lowest BCUT2D eigenvalue weighted by Gasteiger charge is -2.30. The van der Waals surface area contributed by atoms with Crippen molar-refractivity contribution in [3.8, 4) is 0 Å². The third-order valence-electron chi connectivity index (χ3n) is 4.92. The molecule has 29 heavy (non-hydrogen) atoms. The Morgan fingerprint density at radius 1 is 0.966 bits per heavy atom. The van der Waals surface area contributed by atoms with Crippen molar-refractivity contribution in [2.45, 2.75) is 12.8 Å². The van der Waals surface area contributed by atoms with Crippen LogP contribution in [0.1, 0.15) is 32.7 Å². The maximum Gasteiger partial charge on any atom is 0.258 e. The van der Waals surface area contributed by atoms with Crippen LogP contribution in [0.15, 0.2) is 66.7 Å². The quantitative estimate of drug-likeness (QED) is 0.637. The Morgan fingerprint density at radius 3 is 2.45 bits per heavy atom. The molecule has 4 nitrogen and oxygen atoms in total. The summed E-state index contributed by atoms with van der Waals surface area (Å²) in [7, 11) is 0. The summed E-state index contributed by atoms with van der Waals surface area (Å²) in [6, 6.07) is 17.9. The zero-order chi connectivity index (χ0) is 20.4. The molecule has 6 heteroatoms. The standard InChI is InChI=1S/C23H18ClFN2O2/c24-19-5-1-2-6-20(19)26-22(28)17-9-12-21-16(14-17)4-3-13-27(21)23(29)15-7-10-18(25)11-8-15/h1-2,5-12,14H,3-4,13H2,(H,26,28). The van der Waals surface area contributed by atoms with Crippen LogP contribution in [0, 0.1) is 5.82 Å². The van der Waals surface area contributed by atoms with Crippen molar-refractivity contribution < 1.29 is 14.0 Å². The Hall–Kier alpha value is -3.18. The van der Waals surface area contributed by atoms with E-state index in [-0.39, 0.29) is 17.6 Å². The Morgan fingerprint density at radius 2 is 1.69 bits per heavy atom. The number of rotatable bonds is 3. The Bertz CT molecular complexity index is 1080. The minimum absolute atomic E-state index is 0.181. The molecule has 2 amide bonds. The van der Waals surface area contributed by atoms with Crippen LogP contribution in [-0.4, -0.2) is 18.4 Å². The van der Waals surface area contributed by atoms with Crippen LogP contribution in [0.25, 0.3) is 0 Å². The van der Waals surface area contributed by atoms with Gasteiger partial charge in [-0.1, -0.05) is 23.7 Å². The highest BCUT2D eigenvalue weighted by molar-refractivity contribution is 6.33. The highest BCUT2D eigenvalue weighted by atomic mass is 35.5. The van der Waals surface area contributed by atoms with E-state index in [0.717, 1.165) is 24.1 Å². The Balaban J connectivity index is 1.58. The normalized spacial score (nSPS) is 13.0. The lowest BCUT2D eigenvalue weighted by Crippen LogP contribution is -2.35. The van der Waals surface area contributed by atoms with Crippen LogP contribution in [0.5, 0.6) is 0 Å². The second kappa shape index (κ2) is 8.05. The fourth-order valence-corrected chi connectivity index (χ4v) is 3.64. The molecule has 0 aromatic heterocycles. The topological polar surface area (TPSA) is 49.4 Å². The van der Waals surface area contributed by atoms with Gasteiger partial charge < -0.3 is 10.2 Å². The van der Waals surface area contributed by atoms with Crippen LogP contribution in [0.2, 0.25) is 5.02 Å². The van der Waals surface area contributed by atoms with Gasteiger partial charge in [-0.2, -0.15) is 0 Å². The first kappa shape index (κ1) is 19.2. The van der Waals surface area contributed by atoms with Gasteiger partial charge in [0.15, 0.2) is 0 Å². The highest BCUT2D eigenvalue weighted by Gasteiger charge is 2.24. The van der Waals surface area contributed by atoms with Crippen molar-refractivity contribution >= 4 is 34.8 Å². The zero-order valence-corrected chi connectivity index (χ0v) is 16.2. The molecular formula is C23H18ClFN2O2. The minimum atomic E-state index is -0.380. The number of anilines is 2. The van der Waals surface area contributed by atoms with E-state index in [1.165, 1.54) is 24.3 Å². The maximum absolute atomic E-state index is 13.2. The van der Waals surface area contributed by atoms with E-state index < -0.39 is 0 Å². The molecule has 1 N–H and O–H groups in total. The fourth-order valence-electron chi connectivity index (χ4n) is 3.45. The lowest BCUT2D eigenvalue weighted by molar-refractivity contribution is 0.0984. The van der Waals surface area contributed by atoms with Gasteiger partial charge in [-0.05, 0) is 73.0 Å². The molecular weight excluding hydrogens is 391 g/mol. The number of para-hydroxylation sites is 1.